The van der Waals surface area contributed by atoms with Crippen LogP contribution < -0.4 is 3.84 Å². The molecular formula is C15H32N4Sn. The molecule has 1 aromatic rings. The van der Waals surface area contributed by atoms with Crippen molar-refractivity contribution in [2.45, 2.75) is 86.1 Å². The van der Waals surface area contributed by atoms with Crippen LogP contribution in [0.2, 0.25) is 13.3 Å². The number of aryl methyl sites for hydroxylation is 1. The maximum absolute atomic E-state index is 4.75. The Balaban J connectivity index is 2.97. The van der Waals surface area contributed by atoms with Gasteiger partial charge in [-0.05, 0) is 0 Å². The molecule has 116 valence electrons. The van der Waals surface area contributed by atoms with Gasteiger partial charge in [-0.3, -0.25) is 0 Å². The van der Waals surface area contributed by atoms with Crippen molar-refractivity contribution >= 4 is 22.2 Å². The topological polar surface area (TPSA) is 43.6 Å². The van der Waals surface area contributed by atoms with Gasteiger partial charge in [0.2, 0.25) is 0 Å². The molecule has 20 heavy (non-hydrogen) atoms. The van der Waals surface area contributed by atoms with Crippen LogP contribution in [-0.4, -0.2) is 38.6 Å². The summed E-state index contributed by atoms with van der Waals surface area (Å²) in [6.07, 6.45) is 7.93. The van der Waals surface area contributed by atoms with E-state index in [9.17, 15) is 0 Å². The van der Waals surface area contributed by atoms with Crippen LogP contribution in [0, 0.1) is 0 Å². The van der Waals surface area contributed by atoms with Crippen molar-refractivity contribution in [2.75, 3.05) is 0 Å². The zero-order valence-electron chi connectivity index (χ0n) is 13.9. The van der Waals surface area contributed by atoms with Crippen LogP contribution in [0.3, 0.4) is 0 Å². The van der Waals surface area contributed by atoms with Crippen LogP contribution >= 0.6 is 0 Å². The zero-order chi connectivity index (χ0) is 14.8. The van der Waals surface area contributed by atoms with E-state index in [0.717, 1.165) is 6.54 Å². The Labute approximate surface area is 128 Å². The average molecular weight is 387 g/mol. The van der Waals surface area contributed by atoms with Crippen LogP contribution in [0.15, 0.2) is 0 Å². The van der Waals surface area contributed by atoms with Gasteiger partial charge >= 0.3 is 128 Å². The predicted molar refractivity (Wildman–Crippen MR) is 88.0 cm³/mol. The zero-order valence-corrected chi connectivity index (χ0v) is 16.7. The minimum absolute atomic E-state index is 0.838. The molecule has 0 radical (unpaired) electrons. The standard InChI is InChI=1S/3C4H9.C3H5N4.Sn/c3*1-3-4-2;1-2-7-5-3-4-6-7;/h3*1,3-4H2,2H3;2H2,1H3;. The van der Waals surface area contributed by atoms with E-state index in [1.807, 2.05) is 0 Å². The fraction of sp³-hybridized carbons (Fsp3) is 0.933. The molecule has 1 aromatic heterocycles. The van der Waals surface area contributed by atoms with E-state index < -0.39 is 18.4 Å². The Hall–Kier alpha value is -0.131. The number of nitrogens with zero attached hydrogens (tertiary/aromatic N) is 4. The molecule has 1 rings (SSSR count). The first-order chi connectivity index (χ1) is 9.72. The molecule has 0 spiro atoms. The van der Waals surface area contributed by atoms with Crippen molar-refractivity contribution in [1.82, 2.24) is 20.2 Å². The molecule has 0 fully saturated rings. The third kappa shape index (κ3) is 5.01. The summed E-state index contributed by atoms with van der Waals surface area (Å²) in [5, 5.41) is 13.5. The molecule has 0 aromatic carbocycles. The molecule has 5 heteroatoms. The van der Waals surface area contributed by atoms with Crippen molar-refractivity contribution in [3.05, 3.63) is 0 Å². The Kier molecular flexibility index (Phi) is 8.73. The van der Waals surface area contributed by atoms with Crippen molar-refractivity contribution in [1.29, 1.82) is 0 Å². The van der Waals surface area contributed by atoms with Gasteiger partial charge in [0.05, 0.1) is 0 Å². The number of rotatable bonds is 11. The predicted octanol–water partition coefficient (Wildman–Crippen LogP) is 3.75. The molecule has 0 aliphatic heterocycles. The van der Waals surface area contributed by atoms with Gasteiger partial charge in [0.25, 0.3) is 0 Å². The Bertz CT molecular complexity index is 343. The summed E-state index contributed by atoms with van der Waals surface area (Å²) in [5.41, 5.74) is 0. The first-order valence-electron chi connectivity index (χ1n) is 8.50. The normalized spacial score (nSPS) is 12.0. The second-order valence-electron chi connectivity index (χ2n) is 5.89. The number of tetrazole rings is 1. The molecular weight excluding hydrogens is 355 g/mol. The van der Waals surface area contributed by atoms with E-state index in [0.29, 0.717) is 0 Å². The third-order valence-electron chi connectivity index (χ3n) is 4.24. The SMILES string of the molecule is CCC[CH2][Sn]([CH2]CCC)([CH2]CCC)[c]1nnn(CC)n1. The van der Waals surface area contributed by atoms with Crippen LogP contribution in [0.25, 0.3) is 0 Å². The van der Waals surface area contributed by atoms with Crippen molar-refractivity contribution < 1.29 is 0 Å². The van der Waals surface area contributed by atoms with Crippen LogP contribution in [0.5, 0.6) is 0 Å². The molecule has 4 nitrogen and oxygen atoms in total. The number of hydrogen-bond donors (Lipinski definition) is 0. The summed E-state index contributed by atoms with van der Waals surface area (Å²) in [4.78, 5) is 1.78. The third-order valence-corrected chi connectivity index (χ3v) is 18.7. The molecule has 0 bridgehead atoms. The number of aromatic nitrogens is 4. The number of unbranched alkanes of at least 4 members (excludes halogenated alkanes) is 3. The van der Waals surface area contributed by atoms with Crippen molar-refractivity contribution in [3.63, 3.8) is 0 Å². The second-order valence-corrected chi connectivity index (χ2v) is 18.8. The van der Waals surface area contributed by atoms with Crippen molar-refractivity contribution in [2.24, 2.45) is 0 Å². The van der Waals surface area contributed by atoms with Crippen LogP contribution in [-0.2, 0) is 6.54 Å². The Morgan fingerprint density at radius 3 is 1.70 bits per heavy atom. The summed E-state index contributed by atoms with van der Waals surface area (Å²) in [5.74, 6) is 0. The van der Waals surface area contributed by atoms with Gasteiger partial charge in [0.15, 0.2) is 0 Å². The van der Waals surface area contributed by atoms with E-state index in [1.54, 1.807) is 4.80 Å². The summed E-state index contributed by atoms with van der Waals surface area (Å²) in [6.45, 7) is 9.82. The monoisotopic (exact) mass is 388 g/mol. The van der Waals surface area contributed by atoms with E-state index in [-0.39, 0.29) is 0 Å². The van der Waals surface area contributed by atoms with Crippen molar-refractivity contribution in [3.8, 4) is 0 Å². The first-order valence-corrected chi connectivity index (χ1v) is 16.0. The molecule has 0 aliphatic carbocycles. The summed E-state index contributed by atoms with van der Waals surface area (Å²) < 4.78 is 5.46. The molecule has 0 N–H and O–H groups in total. The van der Waals surface area contributed by atoms with Gasteiger partial charge in [0.1, 0.15) is 0 Å². The molecule has 0 saturated heterocycles. The van der Waals surface area contributed by atoms with E-state index in [1.165, 1.54) is 55.7 Å². The van der Waals surface area contributed by atoms with E-state index >= 15 is 0 Å². The molecule has 0 unspecified atom stereocenters. The summed E-state index contributed by atoms with van der Waals surface area (Å²) in [7, 11) is 0. The maximum atomic E-state index is 4.75. The van der Waals surface area contributed by atoms with Crippen LogP contribution in [0.4, 0.5) is 0 Å². The average Bonchev–Trinajstić information content (AvgIpc) is 2.96. The second kappa shape index (κ2) is 9.74. The first kappa shape index (κ1) is 17.9. The van der Waals surface area contributed by atoms with E-state index in [2.05, 4.69) is 38.0 Å². The fourth-order valence-electron chi connectivity index (χ4n) is 2.85. The molecule has 1 heterocycles. The fourth-order valence-corrected chi connectivity index (χ4v) is 17.4. The Morgan fingerprint density at radius 2 is 1.35 bits per heavy atom. The quantitative estimate of drug-likeness (QED) is 0.544. The van der Waals surface area contributed by atoms with E-state index in [4.69, 9.17) is 5.10 Å². The minimum atomic E-state index is -2.40. The summed E-state index contributed by atoms with van der Waals surface area (Å²) >= 11 is -2.40. The molecule has 0 saturated carbocycles. The molecule has 0 aliphatic rings. The van der Waals surface area contributed by atoms with Crippen LogP contribution in [0.1, 0.15) is 66.2 Å². The van der Waals surface area contributed by atoms with Gasteiger partial charge in [-0.15, -0.1) is 0 Å². The van der Waals surface area contributed by atoms with Gasteiger partial charge < -0.3 is 0 Å². The van der Waals surface area contributed by atoms with Gasteiger partial charge in [-0.25, -0.2) is 0 Å². The molecule has 0 atom stereocenters. The molecule has 0 amide bonds. The van der Waals surface area contributed by atoms with Gasteiger partial charge in [-0.1, -0.05) is 0 Å². The van der Waals surface area contributed by atoms with Gasteiger partial charge in [-0.2, -0.15) is 0 Å². The summed E-state index contributed by atoms with van der Waals surface area (Å²) in [6, 6.07) is 0. The number of hydrogen-bond acceptors (Lipinski definition) is 3. The Morgan fingerprint density at radius 1 is 0.850 bits per heavy atom. The van der Waals surface area contributed by atoms with Gasteiger partial charge in [0, 0.05) is 0 Å².